The molecule has 0 bridgehead atoms. The van der Waals surface area contributed by atoms with Gasteiger partial charge in [0, 0.05) is 43.2 Å². The lowest BCUT2D eigenvalue weighted by atomic mass is 9.71. The second-order valence-electron chi connectivity index (χ2n) is 10.8. The molecule has 2 fully saturated rings. The smallest absolute Gasteiger partial charge is 0.0234 e. The average molecular weight is 532 g/mol. The van der Waals surface area contributed by atoms with Crippen molar-refractivity contribution in [2.45, 2.75) is 57.5 Å². The van der Waals surface area contributed by atoms with Crippen molar-refractivity contribution in [2.24, 2.45) is 5.41 Å². The maximum absolute atomic E-state index is 3.55. The van der Waals surface area contributed by atoms with Gasteiger partial charge in [-0.3, -0.25) is 9.80 Å². The summed E-state index contributed by atoms with van der Waals surface area (Å²) in [6, 6.07) is 32.0. The number of piperazine rings is 1. The molecule has 1 saturated carbocycles. The van der Waals surface area contributed by atoms with E-state index in [0.29, 0.717) is 5.41 Å². The van der Waals surface area contributed by atoms with E-state index in [0.717, 1.165) is 17.1 Å². The molecule has 0 N–H and O–H groups in total. The zero-order valence-electron chi connectivity index (χ0n) is 20.9. The highest BCUT2D eigenvalue weighted by Gasteiger charge is 2.35. The Bertz CT molecular complexity index is 985. The lowest BCUT2D eigenvalue weighted by Crippen LogP contribution is -2.49. The SMILES string of the molecule is Brc1ccc(CN2CCN(C3CCCC(Cc4ccccc4)(Cc4ccccc4)CC3)CC2)cc1. The Balaban J connectivity index is 1.21. The summed E-state index contributed by atoms with van der Waals surface area (Å²) in [4.78, 5) is 5.45. The molecule has 35 heavy (non-hydrogen) atoms. The summed E-state index contributed by atoms with van der Waals surface area (Å²) in [6.07, 6.45) is 9.14. The summed E-state index contributed by atoms with van der Waals surface area (Å²) in [5, 5.41) is 0. The molecule has 0 radical (unpaired) electrons. The lowest BCUT2D eigenvalue weighted by molar-refractivity contribution is 0.0831. The van der Waals surface area contributed by atoms with Gasteiger partial charge in [-0.25, -0.2) is 0 Å². The topological polar surface area (TPSA) is 6.48 Å². The molecule has 2 nitrogen and oxygen atoms in total. The van der Waals surface area contributed by atoms with Crippen molar-refractivity contribution in [3.05, 3.63) is 106 Å². The van der Waals surface area contributed by atoms with E-state index in [9.17, 15) is 0 Å². The van der Waals surface area contributed by atoms with E-state index in [4.69, 9.17) is 0 Å². The summed E-state index contributed by atoms with van der Waals surface area (Å²) < 4.78 is 1.16. The minimum Gasteiger partial charge on any atom is -0.298 e. The highest BCUT2D eigenvalue weighted by molar-refractivity contribution is 9.10. The van der Waals surface area contributed by atoms with E-state index < -0.39 is 0 Å². The number of rotatable bonds is 7. The van der Waals surface area contributed by atoms with Crippen LogP contribution < -0.4 is 0 Å². The molecular weight excluding hydrogens is 492 g/mol. The van der Waals surface area contributed by atoms with Crippen LogP contribution in [0.25, 0.3) is 0 Å². The molecule has 3 aromatic rings. The fraction of sp³-hybridized carbons (Fsp3) is 0.438. The molecule has 1 aliphatic heterocycles. The molecule has 1 saturated heterocycles. The summed E-state index contributed by atoms with van der Waals surface area (Å²) >= 11 is 3.55. The largest absolute Gasteiger partial charge is 0.298 e. The van der Waals surface area contributed by atoms with Crippen LogP contribution in [0.3, 0.4) is 0 Å². The minimum atomic E-state index is 0.376. The van der Waals surface area contributed by atoms with Crippen LogP contribution in [-0.4, -0.2) is 42.0 Å². The molecular formula is C32H39BrN2. The van der Waals surface area contributed by atoms with E-state index >= 15 is 0 Å². The van der Waals surface area contributed by atoms with Crippen LogP contribution in [0.2, 0.25) is 0 Å². The first-order valence-corrected chi connectivity index (χ1v) is 14.3. The number of benzene rings is 3. The van der Waals surface area contributed by atoms with Gasteiger partial charge < -0.3 is 0 Å². The van der Waals surface area contributed by atoms with Gasteiger partial charge >= 0.3 is 0 Å². The second-order valence-corrected chi connectivity index (χ2v) is 11.8. The quantitative estimate of drug-likeness (QED) is 0.294. The molecule has 1 heterocycles. The van der Waals surface area contributed by atoms with Gasteiger partial charge in [-0.1, -0.05) is 95.1 Å². The van der Waals surface area contributed by atoms with Crippen LogP contribution in [0.4, 0.5) is 0 Å². The average Bonchev–Trinajstić information content (AvgIpc) is 3.10. The molecule has 1 unspecified atom stereocenters. The van der Waals surface area contributed by atoms with E-state index in [2.05, 4.69) is 111 Å². The van der Waals surface area contributed by atoms with Gasteiger partial charge in [0.25, 0.3) is 0 Å². The van der Waals surface area contributed by atoms with Gasteiger partial charge in [0.1, 0.15) is 0 Å². The zero-order chi connectivity index (χ0) is 23.9. The molecule has 0 aromatic heterocycles. The van der Waals surface area contributed by atoms with Crippen LogP contribution in [0.5, 0.6) is 0 Å². The van der Waals surface area contributed by atoms with Gasteiger partial charge in [-0.2, -0.15) is 0 Å². The number of hydrogen-bond donors (Lipinski definition) is 0. The summed E-state index contributed by atoms with van der Waals surface area (Å²) in [7, 11) is 0. The minimum absolute atomic E-state index is 0.376. The maximum Gasteiger partial charge on any atom is 0.0234 e. The van der Waals surface area contributed by atoms with Crippen molar-refractivity contribution >= 4 is 15.9 Å². The predicted molar refractivity (Wildman–Crippen MR) is 151 cm³/mol. The van der Waals surface area contributed by atoms with Crippen molar-refractivity contribution in [1.29, 1.82) is 0 Å². The highest BCUT2D eigenvalue weighted by Crippen LogP contribution is 2.42. The van der Waals surface area contributed by atoms with Crippen LogP contribution in [0.15, 0.2) is 89.4 Å². The Morgan fingerprint density at radius 3 is 1.86 bits per heavy atom. The van der Waals surface area contributed by atoms with Gasteiger partial charge in [-0.15, -0.1) is 0 Å². The Morgan fingerprint density at radius 1 is 0.657 bits per heavy atom. The van der Waals surface area contributed by atoms with E-state index in [1.165, 1.54) is 87.8 Å². The van der Waals surface area contributed by atoms with Gasteiger partial charge in [0.2, 0.25) is 0 Å². The first-order chi connectivity index (χ1) is 17.2. The van der Waals surface area contributed by atoms with Crippen LogP contribution >= 0.6 is 15.9 Å². The van der Waals surface area contributed by atoms with Crippen molar-refractivity contribution < 1.29 is 0 Å². The van der Waals surface area contributed by atoms with Crippen molar-refractivity contribution in [3.8, 4) is 0 Å². The number of nitrogens with zero attached hydrogens (tertiary/aromatic N) is 2. The molecule has 184 valence electrons. The fourth-order valence-corrected chi connectivity index (χ4v) is 6.69. The van der Waals surface area contributed by atoms with Gasteiger partial charge in [-0.05, 0) is 72.8 Å². The van der Waals surface area contributed by atoms with Crippen LogP contribution in [0.1, 0.15) is 48.8 Å². The third-order valence-electron chi connectivity index (χ3n) is 8.34. The molecule has 1 atom stereocenters. The monoisotopic (exact) mass is 530 g/mol. The third-order valence-corrected chi connectivity index (χ3v) is 8.87. The van der Waals surface area contributed by atoms with Crippen molar-refractivity contribution in [1.82, 2.24) is 9.80 Å². The Hall–Kier alpha value is -1.94. The molecule has 3 heteroatoms. The van der Waals surface area contributed by atoms with Gasteiger partial charge in [0.05, 0.1) is 0 Å². The lowest BCUT2D eigenvalue weighted by Gasteiger charge is -2.39. The van der Waals surface area contributed by atoms with E-state index in [1.54, 1.807) is 0 Å². The first kappa shape index (κ1) is 24.7. The summed E-state index contributed by atoms with van der Waals surface area (Å²) in [5.41, 5.74) is 4.80. The van der Waals surface area contributed by atoms with E-state index in [-0.39, 0.29) is 0 Å². The van der Waals surface area contributed by atoms with E-state index in [1.807, 2.05) is 0 Å². The molecule has 2 aliphatic rings. The third kappa shape index (κ3) is 6.84. The molecule has 0 amide bonds. The van der Waals surface area contributed by atoms with Crippen molar-refractivity contribution in [2.75, 3.05) is 26.2 Å². The van der Waals surface area contributed by atoms with Gasteiger partial charge in [0.15, 0.2) is 0 Å². The Kier molecular flexibility index (Phi) is 8.39. The number of hydrogen-bond acceptors (Lipinski definition) is 2. The zero-order valence-corrected chi connectivity index (χ0v) is 22.5. The molecule has 0 spiro atoms. The second kappa shape index (κ2) is 11.9. The van der Waals surface area contributed by atoms with Crippen LogP contribution in [-0.2, 0) is 19.4 Å². The van der Waals surface area contributed by atoms with Crippen LogP contribution in [0, 0.1) is 5.41 Å². The normalized spacial score (nSPS) is 21.5. The fourth-order valence-electron chi connectivity index (χ4n) is 6.43. The standard InChI is InChI=1S/C32H39BrN2/c33-30-15-13-29(14-16-30)26-34-20-22-35(23-21-34)31-12-7-18-32(19-17-31,24-27-8-3-1-4-9-27)25-28-10-5-2-6-11-28/h1-6,8-11,13-16,31H,7,12,17-26H2. The highest BCUT2D eigenvalue weighted by atomic mass is 79.9. The molecule has 3 aromatic carbocycles. The summed E-state index contributed by atoms with van der Waals surface area (Å²) in [6.45, 7) is 5.87. The Morgan fingerprint density at radius 2 is 1.26 bits per heavy atom. The molecule has 1 aliphatic carbocycles. The molecule has 5 rings (SSSR count). The maximum atomic E-state index is 3.55. The van der Waals surface area contributed by atoms with Crippen molar-refractivity contribution in [3.63, 3.8) is 0 Å². The Labute approximate surface area is 220 Å². The summed E-state index contributed by atoms with van der Waals surface area (Å²) in [5.74, 6) is 0. The predicted octanol–water partition coefficient (Wildman–Crippen LogP) is 7.37. The number of halogens is 1. The first-order valence-electron chi connectivity index (χ1n) is 13.5.